The van der Waals surface area contributed by atoms with Crippen molar-refractivity contribution in [2.24, 2.45) is 0 Å². The molecule has 0 aliphatic rings. The average Bonchev–Trinajstić information content (AvgIpc) is 2.88. The zero-order valence-electron chi connectivity index (χ0n) is 20.0. The third-order valence-corrected chi connectivity index (χ3v) is 6.65. The fourth-order valence-corrected chi connectivity index (χ4v) is 4.69. The smallest absolute Gasteiger partial charge is 0.225 e. The van der Waals surface area contributed by atoms with E-state index in [-0.39, 0.29) is 29.3 Å². The molecule has 36 heavy (non-hydrogen) atoms. The predicted octanol–water partition coefficient (Wildman–Crippen LogP) is 5.43. The molecule has 0 saturated heterocycles. The Labute approximate surface area is 219 Å². The lowest BCUT2D eigenvalue weighted by atomic mass is 9.96. The Morgan fingerprint density at radius 1 is 1.11 bits per heavy atom. The number of halogens is 1. The molecule has 0 fully saturated rings. The van der Waals surface area contributed by atoms with E-state index in [1.54, 1.807) is 12.1 Å². The number of nitrogens with two attached hydrogens (primary N) is 1. The van der Waals surface area contributed by atoms with E-state index in [2.05, 4.69) is 22.4 Å². The topological polar surface area (TPSA) is 134 Å². The SMILES string of the molecule is CCc1ccc(-c2c(C#N)c(N)nc(SCCC(=O)Nc3cc(Cl)c(OC)cc3OC)c2C#N)cc1. The monoisotopic (exact) mass is 521 g/mol. The molecule has 1 aromatic heterocycles. The van der Waals surface area contributed by atoms with Crippen molar-refractivity contribution in [2.75, 3.05) is 31.0 Å². The van der Waals surface area contributed by atoms with Crippen molar-refractivity contribution < 1.29 is 14.3 Å². The number of ether oxygens (including phenoxy) is 2. The molecule has 3 rings (SSSR count). The minimum atomic E-state index is -0.280. The summed E-state index contributed by atoms with van der Waals surface area (Å²) in [7, 11) is 2.97. The number of aromatic nitrogens is 1. The normalized spacial score (nSPS) is 10.3. The first-order chi connectivity index (χ1) is 17.4. The number of aryl methyl sites for hydroxylation is 1. The lowest BCUT2D eigenvalue weighted by molar-refractivity contribution is -0.115. The highest BCUT2D eigenvalue weighted by Gasteiger charge is 2.21. The molecule has 184 valence electrons. The minimum absolute atomic E-state index is 0.0376. The van der Waals surface area contributed by atoms with Crippen LogP contribution in [0.5, 0.6) is 11.5 Å². The quantitative estimate of drug-likeness (QED) is 0.356. The average molecular weight is 522 g/mol. The first kappa shape index (κ1) is 26.7. The molecule has 2 aromatic carbocycles. The van der Waals surface area contributed by atoms with Gasteiger partial charge in [-0.1, -0.05) is 42.8 Å². The Hall–Kier alpha value is -3.92. The number of anilines is 2. The van der Waals surface area contributed by atoms with Crippen LogP contribution in [0.25, 0.3) is 11.1 Å². The van der Waals surface area contributed by atoms with E-state index < -0.39 is 0 Å². The van der Waals surface area contributed by atoms with Crippen LogP contribution >= 0.6 is 23.4 Å². The summed E-state index contributed by atoms with van der Waals surface area (Å²) >= 11 is 7.39. The fraction of sp³-hybridized carbons (Fsp3) is 0.231. The van der Waals surface area contributed by atoms with Gasteiger partial charge in [-0.25, -0.2) is 4.98 Å². The van der Waals surface area contributed by atoms with Crippen LogP contribution in [0.4, 0.5) is 11.5 Å². The number of methoxy groups -OCH3 is 2. The molecular weight excluding hydrogens is 498 g/mol. The second kappa shape index (κ2) is 12.2. The Kier molecular flexibility index (Phi) is 9.02. The summed E-state index contributed by atoms with van der Waals surface area (Å²) in [5.41, 5.74) is 9.18. The van der Waals surface area contributed by atoms with E-state index in [9.17, 15) is 15.3 Å². The van der Waals surface area contributed by atoms with Gasteiger partial charge in [-0.15, -0.1) is 11.8 Å². The van der Waals surface area contributed by atoms with Gasteiger partial charge in [0.1, 0.15) is 40.0 Å². The number of nitrogen functional groups attached to an aromatic ring is 1. The second-order valence-electron chi connectivity index (χ2n) is 7.53. The molecule has 0 saturated carbocycles. The van der Waals surface area contributed by atoms with E-state index in [0.29, 0.717) is 44.1 Å². The number of nitrogens with one attached hydrogen (secondary N) is 1. The number of rotatable bonds is 9. The number of hydrogen-bond donors (Lipinski definition) is 2. The van der Waals surface area contributed by atoms with E-state index in [0.717, 1.165) is 12.0 Å². The minimum Gasteiger partial charge on any atom is -0.495 e. The Bertz CT molecular complexity index is 1360. The number of amides is 1. The Morgan fingerprint density at radius 3 is 2.36 bits per heavy atom. The maximum atomic E-state index is 12.6. The summed E-state index contributed by atoms with van der Waals surface area (Å²) < 4.78 is 10.5. The summed E-state index contributed by atoms with van der Waals surface area (Å²) in [5, 5.41) is 23.1. The summed E-state index contributed by atoms with van der Waals surface area (Å²) in [4.78, 5) is 16.9. The number of nitriles is 2. The van der Waals surface area contributed by atoms with Gasteiger partial charge in [0.2, 0.25) is 5.91 Å². The summed E-state index contributed by atoms with van der Waals surface area (Å²) in [6, 6.07) is 15.0. The molecule has 0 spiro atoms. The lowest BCUT2D eigenvalue weighted by Crippen LogP contribution is -2.13. The van der Waals surface area contributed by atoms with Crippen molar-refractivity contribution in [2.45, 2.75) is 24.8 Å². The zero-order valence-corrected chi connectivity index (χ0v) is 21.6. The largest absolute Gasteiger partial charge is 0.495 e. The number of nitrogens with zero attached hydrogens (tertiary/aromatic N) is 3. The molecule has 8 nitrogen and oxygen atoms in total. The van der Waals surface area contributed by atoms with Crippen molar-refractivity contribution in [1.29, 1.82) is 10.5 Å². The number of pyridine rings is 1. The summed E-state index contributed by atoms with van der Waals surface area (Å²) in [5.74, 6) is 0.910. The molecule has 3 aromatic rings. The van der Waals surface area contributed by atoms with Gasteiger partial charge in [-0.05, 0) is 23.6 Å². The van der Waals surface area contributed by atoms with E-state index in [1.807, 2.05) is 31.2 Å². The molecule has 10 heteroatoms. The van der Waals surface area contributed by atoms with Crippen molar-refractivity contribution in [3.8, 4) is 34.8 Å². The van der Waals surface area contributed by atoms with Crippen molar-refractivity contribution in [3.05, 3.63) is 58.1 Å². The van der Waals surface area contributed by atoms with Gasteiger partial charge in [0, 0.05) is 23.8 Å². The number of thioether (sulfide) groups is 1. The summed E-state index contributed by atoms with van der Waals surface area (Å²) in [6.07, 6.45) is 0.983. The van der Waals surface area contributed by atoms with Crippen LogP contribution in [0.2, 0.25) is 5.02 Å². The van der Waals surface area contributed by atoms with Gasteiger partial charge < -0.3 is 20.5 Å². The molecular formula is C26H24ClN5O3S. The van der Waals surface area contributed by atoms with E-state index in [4.69, 9.17) is 26.8 Å². The zero-order chi connectivity index (χ0) is 26.2. The summed E-state index contributed by atoms with van der Waals surface area (Å²) in [6.45, 7) is 2.05. The maximum absolute atomic E-state index is 12.6. The molecule has 0 aliphatic carbocycles. The van der Waals surface area contributed by atoms with Crippen LogP contribution in [0.1, 0.15) is 30.0 Å². The molecule has 0 unspecified atom stereocenters. The molecule has 0 atom stereocenters. The van der Waals surface area contributed by atoms with Crippen molar-refractivity contribution in [3.63, 3.8) is 0 Å². The first-order valence-corrected chi connectivity index (χ1v) is 12.3. The van der Waals surface area contributed by atoms with Crippen molar-refractivity contribution >= 4 is 40.8 Å². The highest BCUT2D eigenvalue weighted by atomic mass is 35.5. The van der Waals surface area contributed by atoms with Gasteiger partial charge >= 0.3 is 0 Å². The van der Waals surface area contributed by atoms with Crippen LogP contribution in [0.3, 0.4) is 0 Å². The number of benzene rings is 2. The Morgan fingerprint density at radius 2 is 1.78 bits per heavy atom. The molecule has 0 aliphatic heterocycles. The van der Waals surface area contributed by atoms with Gasteiger partial charge in [0.25, 0.3) is 0 Å². The van der Waals surface area contributed by atoms with Gasteiger partial charge in [0.05, 0.1) is 30.5 Å². The molecule has 1 amide bonds. The lowest BCUT2D eigenvalue weighted by Gasteiger charge is -2.14. The van der Waals surface area contributed by atoms with Crippen molar-refractivity contribution in [1.82, 2.24) is 4.98 Å². The highest BCUT2D eigenvalue weighted by molar-refractivity contribution is 7.99. The third-order valence-electron chi connectivity index (χ3n) is 5.38. The molecule has 3 N–H and O–H groups in total. The number of carbonyl (C=O) groups is 1. The molecule has 0 bridgehead atoms. The van der Waals surface area contributed by atoms with E-state index in [1.165, 1.54) is 26.0 Å². The Balaban J connectivity index is 1.81. The number of hydrogen-bond acceptors (Lipinski definition) is 8. The maximum Gasteiger partial charge on any atom is 0.225 e. The second-order valence-corrected chi connectivity index (χ2v) is 9.03. The van der Waals surface area contributed by atoms with Gasteiger partial charge in [0.15, 0.2) is 0 Å². The fourth-order valence-electron chi connectivity index (χ4n) is 3.51. The van der Waals surface area contributed by atoms with Crippen LogP contribution in [-0.2, 0) is 11.2 Å². The highest BCUT2D eigenvalue weighted by Crippen LogP contribution is 2.37. The van der Waals surface area contributed by atoms with E-state index >= 15 is 0 Å². The van der Waals surface area contributed by atoms with Gasteiger partial charge in [-0.3, -0.25) is 4.79 Å². The number of carbonyl (C=O) groups excluding carboxylic acids is 1. The standard InChI is InChI=1S/C26H24ClN5O3S/c1-4-15-5-7-16(8-6-15)24-17(13-28)25(30)32-26(18(24)14-29)36-10-9-23(33)31-20-11-19(27)21(34-2)12-22(20)35-3/h5-8,11-12H,4,9-10H2,1-3H3,(H2,30,32)(H,31,33). The molecule has 0 radical (unpaired) electrons. The van der Waals surface area contributed by atoms with Crippen LogP contribution in [0.15, 0.2) is 41.4 Å². The van der Waals surface area contributed by atoms with Gasteiger partial charge in [-0.2, -0.15) is 10.5 Å². The molecule has 1 heterocycles. The predicted molar refractivity (Wildman–Crippen MR) is 141 cm³/mol. The third kappa shape index (κ3) is 5.83. The first-order valence-electron chi connectivity index (χ1n) is 10.9. The van der Waals surface area contributed by atoms with Crippen LogP contribution in [0, 0.1) is 22.7 Å². The van der Waals surface area contributed by atoms with Crippen LogP contribution < -0.4 is 20.5 Å². The van der Waals surface area contributed by atoms with Crippen LogP contribution in [-0.4, -0.2) is 30.9 Å².